The van der Waals surface area contributed by atoms with E-state index in [1.165, 1.54) is 0 Å². The highest BCUT2D eigenvalue weighted by molar-refractivity contribution is 5.75. The average molecular weight is 110 g/mol. The topological polar surface area (TPSA) is 17.1 Å². The van der Waals surface area contributed by atoms with Crippen LogP contribution in [0.25, 0.3) is 0 Å². The van der Waals surface area contributed by atoms with Crippen LogP contribution in [-0.4, -0.2) is 5.78 Å². The molecule has 0 spiro atoms. The Balaban J connectivity index is 3.43. The van der Waals surface area contributed by atoms with Gasteiger partial charge in [-0.3, -0.25) is 4.79 Å². The first-order valence-corrected chi connectivity index (χ1v) is 2.62. The van der Waals surface area contributed by atoms with Crippen LogP contribution in [0.3, 0.4) is 0 Å². The van der Waals surface area contributed by atoms with E-state index in [0.29, 0.717) is 6.42 Å². The molecule has 0 bridgehead atoms. The number of carbonyl (C=O) groups excluding carboxylic acids is 1. The molecule has 1 heteroatoms. The van der Waals surface area contributed by atoms with Crippen LogP contribution in [0.15, 0.2) is 0 Å². The molecule has 0 aliphatic heterocycles. The van der Waals surface area contributed by atoms with Crippen molar-refractivity contribution in [1.29, 1.82) is 0 Å². The number of terminal acetylenes is 1. The maximum absolute atomic E-state index is 10.3. The Morgan fingerprint density at radius 3 is 2.50 bits per heavy atom. The summed E-state index contributed by atoms with van der Waals surface area (Å²) in [7, 11) is 0. The summed E-state index contributed by atoms with van der Waals surface area (Å²) < 4.78 is 0. The molecule has 0 heterocycles. The lowest BCUT2D eigenvalue weighted by Crippen LogP contribution is -1.97. The molecule has 44 valence electrons. The summed E-state index contributed by atoms with van der Waals surface area (Å²) in [6.45, 7) is 3.41. The summed E-state index contributed by atoms with van der Waals surface area (Å²) in [5.41, 5.74) is 0. The summed E-state index contributed by atoms with van der Waals surface area (Å²) in [6.07, 6.45) is 5.53. The molecule has 1 nitrogen and oxygen atoms in total. The molecule has 0 aliphatic rings. The summed E-state index contributed by atoms with van der Waals surface area (Å²) in [6, 6.07) is 0. The zero-order chi connectivity index (χ0) is 6.57. The van der Waals surface area contributed by atoms with Crippen LogP contribution in [0.4, 0.5) is 0 Å². The Bertz CT molecular complexity index is 119. The van der Waals surface area contributed by atoms with Gasteiger partial charge in [-0.25, -0.2) is 0 Å². The quantitative estimate of drug-likeness (QED) is 0.489. The van der Waals surface area contributed by atoms with Gasteiger partial charge in [0.2, 0.25) is 0 Å². The van der Waals surface area contributed by atoms with Crippen molar-refractivity contribution in [2.24, 2.45) is 5.92 Å². The molecule has 0 rings (SSSR count). The zero-order valence-corrected chi connectivity index (χ0v) is 5.27. The zero-order valence-electron chi connectivity index (χ0n) is 5.27. The van der Waals surface area contributed by atoms with E-state index < -0.39 is 0 Å². The minimum absolute atomic E-state index is 0.104. The first kappa shape index (κ1) is 7.23. The number of hydrogen-bond acceptors (Lipinski definition) is 1. The molecule has 1 atom stereocenters. The van der Waals surface area contributed by atoms with Gasteiger partial charge in [0.15, 0.2) is 0 Å². The van der Waals surface area contributed by atoms with Crippen molar-refractivity contribution in [2.75, 3.05) is 0 Å². The van der Waals surface area contributed by atoms with Crippen LogP contribution in [0.5, 0.6) is 0 Å². The molecule has 8 heavy (non-hydrogen) atoms. The van der Waals surface area contributed by atoms with Crippen molar-refractivity contribution in [3.63, 3.8) is 0 Å². The standard InChI is InChI=1S/C7H10O/c1-4-6(2)5-7(3)8/h1,6H,5H2,2-3H3. The van der Waals surface area contributed by atoms with E-state index in [0.717, 1.165) is 0 Å². The summed E-state index contributed by atoms with van der Waals surface area (Å²) in [4.78, 5) is 10.3. The van der Waals surface area contributed by atoms with Crippen LogP contribution < -0.4 is 0 Å². The van der Waals surface area contributed by atoms with Crippen LogP contribution >= 0.6 is 0 Å². The molecule has 0 aromatic rings. The highest BCUT2D eigenvalue weighted by Crippen LogP contribution is 1.98. The fourth-order valence-corrected chi connectivity index (χ4v) is 0.490. The lowest BCUT2D eigenvalue weighted by Gasteiger charge is -1.95. The third kappa shape index (κ3) is 3.42. The van der Waals surface area contributed by atoms with E-state index in [4.69, 9.17) is 6.42 Å². The molecule has 0 saturated carbocycles. The first-order chi connectivity index (χ1) is 3.66. The smallest absolute Gasteiger partial charge is 0.131 e. The predicted molar refractivity (Wildman–Crippen MR) is 33.3 cm³/mol. The molecule has 0 aromatic heterocycles. The third-order valence-electron chi connectivity index (χ3n) is 0.878. The lowest BCUT2D eigenvalue weighted by molar-refractivity contribution is -0.117. The predicted octanol–water partition coefficient (Wildman–Crippen LogP) is 1.23. The molecule has 0 saturated heterocycles. The van der Waals surface area contributed by atoms with Gasteiger partial charge < -0.3 is 0 Å². The second kappa shape index (κ2) is 3.26. The summed E-state index contributed by atoms with van der Waals surface area (Å²) >= 11 is 0. The second-order valence-corrected chi connectivity index (χ2v) is 1.97. The highest BCUT2D eigenvalue weighted by atomic mass is 16.1. The van der Waals surface area contributed by atoms with Crippen LogP contribution in [0, 0.1) is 18.3 Å². The minimum atomic E-state index is 0.104. The Morgan fingerprint density at radius 1 is 1.88 bits per heavy atom. The second-order valence-electron chi connectivity index (χ2n) is 1.97. The third-order valence-corrected chi connectivity index (χ3v) is 0.878. The van der Waals surface area contributed by atoms with Gasteiger partial charge in [0.25, 0.3) is 0 Å². The maximum atomic E-state index is 10.3. The van der Waals surface area contributed by atoms with Crippen LogP contribution in [0.1, 0.15) is 20.3 Å². The summed E-state index contributed by atoms with van der Waals surface area (Å²) in [5.74, 6) is 2.74. The van der Waals surface area contributed by atoms with Gasteiger partial charge in [0, 0.05) is 12.3 Å². The van der Waals surface area contributed by atoms with Gasteiger partial charge in [0.05, 0.1) is 0 Å². The van der Waals surface area contributed by atoms with E-state index in [9.17, 15) is 4.79 Å². The Labute approximate surface area is 50.1 Å². The average Bonchev–Trinajstić information content (AvgIpc) is 1.65. The number of carbonyl (C=O) groups is 1. The van der Waals surface area contributed by atoms with Crippen LogP contribution in [-0.2, 0) is 4.79 Å². The number of Topliss-reactive ketones (excluding diaryl/α,β-unsaturated/α-hetero) is 1. The van der Waals surface area contributed by atoms with E-state index in [-0.39, 0.29) is 11.7 Å². The SMILES string of the molecule is C#CC(C)CC(C)=O. The Hall–Kier alpha value is -0.770. The van der Waals surface area contributed by atoms with Gasteiger partial charge in [-0.15, -0.1) is 12.3 Å². The van der Waals surface area contributed by atoms with Crippen molar-refractivity contribution in [3.8, 4) is 12.3 Å². The van der Waals surface area contributed by atoms with Crippen molar-refractivity contribution in [1.82, 2.24) is 0 Å². The largest absolute Gasteiger partial charge is 0.300 e. The Morgan fingerprint density at radius 2 is 2.38 bits per heavy atom. The fraction of sp³-hybridized carbons (Fsp3) is 0.571. The van der Waals surface area contributed by atoms with Crippen molar-refractivity contribution < 1.29 is 4.79 Å². The fourth-order valence-electron chi connectivity index (χ4n) is 0.490. The first-order valence-electron chi connectivity index (χ1n) is 2.62. The van der Waals surface area contributed by atoms with Gasteiger partial charge in [0.1, 0.15) is 5.78 Å². The highest BCUT2D eigenvalue weighted by Gasteiger charge is 1.98. The number of hydrogen-bond donors (Lipinski definition) is 0. The van der Waals surface area contributed by atoms with Crippen molar-refractivity contribution in [2.45, 2.75) is 20.3 Å². The molecule has 0 N–H and O–H groups in total. The van der Waals surface area contributed by atoms with Gasteiger partial charge in [-0.1, -0.05) is 6.92 Å². The van der Waals surface area contributed by atoms with E-state index in [1.807, 2.05) is 6.92 Å². The number of rotatable bonds is 2. The molecule has 0 fully saturated rings. The summed E-state index contributed by atoms with van der Waals surface area (Å²) in [5, 5.41) is 0. The molecule has 0 aromatic carbocycles. The normalized spacial score (nSPS) is 12.1. The van der Waals surface area contributed by atoms with E-state index in [1.54, 1.807) is 6.92 Å². The maximum Gasteiger partial charge on any atom is 0.131 e. The number of ketones is 1. The molecule has 0 radical (unpaired) electrons. The van der Waals surface area contributed by atoms with E-state index in [2.05, 4.69) is 5.92 Å². The molecule has 1 unspecified atom stereocenters. The van der Waals surface area contributed by atoms with E-state index >= 15 is 0 Å². The minimum Gasteiger partial charge on any atom is -0.300 e. The van der Waals surface area contributed by atoms with Gasteiger partial charge >= 0.3 is 0 Å². The molecule has 0 amide bonds. The molecular formula is C7H10O. The Kier molecular flexibility index (Phi) is 2.95. The van der Waals surface area contributed by atoms with Gasteiger partial charge in [-0.2, -0.15) is 0 Å². The lowest BCUT2D eigenvalue weighted by atomic mass is 10.1. The van der Waals surface area contributed by atoms with Crippen LogP contribution in [0.2, 0.25) is 0 Å². The van der Waals surface area contributed by atoms with Gasteiger partial charge in [-0.05, 0) is 6.92 Å². The monoisotopic (exact) mass is 110 g/mol. The van der Waals surface area contributed by atoms with Crippen molar-refractivity contribution in [3.05, 3.63) is 0 Å². The van der Waals surface area contributed by atoms with Crippen molar-refractivity contribution >= 4 is 5.78 Å². The molecular weight excluding hydrogens is 100 g/mol. The molecule has 0 aliphatic carbocycles.